The van der Waals surface area contributed by atoms with Gasteiger partial charge in [-0.15, -0.1) is 0 Å². The van der Waals surface area contributed by atoms with Crippen molar-refractivity contribution in [1.82, 2.24) is 5.32 Å². The van der Waals surface area contributed by atoms with E-state index in [0.29, 0.717) is 18.3 Å². The molecule has 0 aromatic heterocycles. The first-order valence-electron chi connectivity index (χ1n) is 6.33. The average Bonchev–Trinajstić information content (AvgIpc) is 2.95. The summed E-state index contributed by atoms with van der Waals surface area (Å²) < 4.78 is 0. The molecule has 0 aromatic rings. The van der Waals surface area contributed by atoms with Crippen LogP contribution in [0.25, 0.3) is 0 Å². The first-order chi connectivity index (χ1) is 7.30. The van der Waals surface area contributed by atoms with E-state index < -0.39 is 0 Å². The van der Waals surface area contributed by atoms with Crippen molar-refractivity contribution in [3.05, 3.63) is 0 Å². The maximum Gasteiger partial charge on any atom is 0.221 e. The zero-order chi connectivity index (χ0) is 12.3. The molecule has 0 spiro atoms. The van der Waals surface area contributed by atoms with E-state index in [2.05, 4.69) is 33.0 Å². The summed E-state index contributed by atoms with van der Waals surface area (Å²) >= 11 is 0. The Bertz CT molecular complexity index is 241. The van der Waals surface area contributed by atoms with E-state index in [0.717, 1.165) is 6.54 Å². The summed E-state index contributed by atoms with van der Waals surface area (Å²) in [6.07, 6.45) is 2.89. The topological polar surface area (TPSA) is 55.1 Å². The van der Waals surface area contributed by atoms with Crippen molar-refractivity contribution in [2.24, 2.45) is 23.0 Å². The van der Waals surface area contributed by atoms with E-state index >= 15 is 0 Å². The SMILES string of the molecule is CC(CNC(=O)CC(N)C1CC1)C(C)(C)C. The van der Waals surface area contributed by atoms with Gasteiger partial charge in [0.05, 0.1) is 0 Å². The van der Waals surface area contributed by atoms with Gasteiger partial charge >= 0.3 is 0 Å². The zero-order valence-corrected chi connectivity index (χ0v) is 11.0. The highest BCUT2D eigenvalue weighted by Gasteiger charge is 2.30. The molecule has 94 valence electrons. The molecule has 2 unspecified atom stereocenters. The summed E-state index contributed by atoms with van der Waals surface area (Å²) in [7, 11) is 0. The molecule has 0 saturated heterocycles. The average molecular weight is 226 g/mol. The van der Waals surface area contributed by atoms with Gasteiger partial charge in [-0.05, 0) is 30.1 Å². The molecule has 1 rings (SSSR count). The molecule has 0 aliphatic heterocycles. The van der Waals surface area contributed by atoms with Crippen molar-refractivity contribution < 1.29 is 4.79 Å². The summed E-state index contributed by atoms with van der Waals surface area (Å²) in [6, 6.07) is 0.0740. The molecular weight excluding hydrogens is 200 g/mol. The summed E-state index contributed by atoms with van der Waals surface area (Å²) in [6.45, 7) is 9.50. The van der Waals surface area contributed by atoms with Crippen molar-refractivity contribution >= 4 is 5.91 Å². The van der Waals surface area contributed by atoms with Gasteiger partial charge in [0.1, 0.15) is 0 Å². The Hall–Kier alpha value is -0.570. The van der Waals surface area contributed by atoms with Crippen LogP contribution in [-0.2, 0) is 4.79 Å². The number of rotatable bonds is 5. The van der Waals surface area contributed by atoms with Gasteiger partial charge in [0.2, 0.25) is 5.91 Å². The minimum atomic E-state index is 0.0740. The second-order valence-corrected chi connectivity index (χ2v) is 6.28. The molecule has 3 N–H and O–H groups in total. The van der Waals surface area contributed by atoms with Crippen LogP contribution in [0.2, 0.25) is 0 Å². The molecular formula is C13H26N2O. The highest BCUT2D eigenvalue weighted by molar-refractivity contribution is 5.76. The first-order valence-corrected chi connectivity index (χ1v) is 6.33. The Kier molecular flexibility index (Phi) is 4.36. The minimum Gasteiger partial charge on any atom is -0.356 e. The summed E-state index contributed by atoms with van der Waals surface area (Å²) in [5.41, 5.74) is 6.15. The van der Waals surface area contributed by atoms with Crippen molar-refractivity contribution in [2.45, 2.75) is 53.0 Å². The molecule has 0 aromatic carbocycles. The molecule has 0 heterocycles. The van der Waals surface area contributed by atoms with E-state index in [1.165, 1.54) is 12.8 Å². The third-order valence-electron chi connectivity index (χ3n) is 3.73. The van der Waals surface area contributed by atoms with Crippen LogP contribution < -0.4 is 11.1 Å². The number of carbonyl (C=O) groups excluding carboxylic acids is 1. The Labute approximate surface area is 99.2 Å². The second-order valence-electron chi connectivity index (χ2n) is 6.28. The predicted molar refractivity (Wildman–Crippen MR) is 66.9 cm³/mol. The summed E-state index contributed by atoms with van der Waals surface area (Å²) in [5.74, 6) is 1.19. The number of amides is 1. The van der Waals surface area contributed by atoms with Crippen molar-refractivity contribution in [2.75, 3.05) is 6.54 Å². The highest BCUT2D eigenvalue weighted by Crippen LogP contribution is 2.32. The smallest absolute Gasteiger partial charge is 0.221 e. The molecule has 1 aliphatic carbocycles. The fourth-order valence-corrected chi connectivity index (χ4v) is 1.55. The van der Waals surface area contributed by atoms with E-state index in [1.807, 2.05) is 0 Å². The molecule has 3 heteroatoms. The maximum absolute atomic E-state index is 11.6. The van der Waals surface area contributed by atoms with Gasteiger partial charge in [-0.2, -0.15) is 0 Å². The number of hydrogen-bond donors (Lipinski definition) is 2. The van der Waals surface area contributed by atoms with Gasteiger partial charge < -0.3 is 11.1 Å². The molecule has 16 heavy (non-hydrogen) atoms. The lowest BCUT2D eigenvalue weighted by Gasteiger charge is -2.27. The molecule has 1 aliphatic rings. The number of nitrogens with two attached hydrogens (primary N) is 1. The summed E-state index contributed by atoms with van der Waals surface area (Å²) in [4.78, 5) is 11.6. The van der Waals surface area contributed by atoms with Crippen LogP contribution >= 0.6 is 0 Å². The van der Waals surface area contributed by atoms with Crippen molar-refractivity contribution in [3.63, 3.8) is 0 Å². The third-order valence-corrected chi connectivity index (χ3v) is 3.73. The molecule has 0 bridgehead atoms. The van der Waals surface area contributed by atoms with Crippen LogP contribution in [0.1, 0.15) is 47.0 Å². The Morgan fingerprint density at radius 1 is 1.44 bits per heavy atom. The molecule has 3 nitrogen and oxygen atoms in total. The lowest BCUT2D eigenvalue weighted by molar-refractivity contribution is -0.121. The van der Waals surface area contributed by atoms with Gasteiger partial charge in [-0.3, -0.25) is 4.79 Å². The monoisotopic (exact) mass is 226 g/mol. The Balaban J connectivity index is 2.19. The van der Waals surface area contributed by atoms with E-state index in [9.17, 15) is 4.79 Å². The van der Waals surface area contributed by atoms with Gasteiger partial charge in [0, 0.05) is 19.0 Å². The quantitative estimate of drug-likeness (QED) is 0.752. The first kappa shape index (κ1) is 13.5. The largest absolute Gasteiger partial charge is 0.356 e. The van der Waals surface area contributed by atoms with E-state index in [4.69, 9.17) is 5.73 Å². The van der Waals surface area contributed by atoms with Crippen LogP contribution in [0.5, 0.6) is 0 Å². The van der Waals surface area contributed by atoms with Gasteiger partial charge in [-0.25, -0.2) is 0 Å². The van der Waals surface area contributed by atoms with Crippen molar-refractivity contribution in [3.8, 4) is 0 Å². The van der Waals surface area contributed by atoms with Gasteiger partial charge in [0.25, 0.3) is 0 Å². The standard InChI is InChI=1S/C13H26N2O/c1-9(13(2,3)4)8-15-12(16)7-11(14)10-5-6-10/h9-11H,5-8,14H2,1-4H3,(H,15,16). The third kappa shape index (κ3) is 4.52. The predicted octanol–water partition coefficient (Wildman–Crippen LogP) is 1.91. The summed E-state index contributed by atoms with van der Waals surface area (Å²) in [5, 5.41) is 2.98. The van der Waals surface area contributed by atoms with Crippen LogP contribution in [0.15, 0.2) is 0 Å². The highest BCUT2D eigenvalue weighted by atomic mass is 16.1. The van der Waals surface area contributed by atoms with Gasteiger partial charge in [-0.1, -0.05) is 27.7 Å². The Morgan fingerprint density at radius 2 is 2.00 bits per heavy atom. The fourth-order valence-electron chi connectivity index (χ4n) is 1.55. The normalized spacial score (nSPS) is 20.3. The molecule has 1 saturated carbocycles. The lowest BCUT2D eigenvalue weighted by Crippen LogP contribution is -2.37. The molecule has 2 atom stereocenters. The molecule has 0 radical (unpaired) electrons. The lowest BCUT2D eigenvalue weighted by atomic mass is 9.82. The van der Waals surface area contributed by atoms with Crippen LogP contribution in [0.3, 0.4) is 0 Å². The fraction of sp³-hybridized carbons (Fsp3) is 0.923. The van der Waals surface area contributed by atoms with Gasteiger partial charge in [0.15, 0.2) is 0 Å². The minimum absolute atomic E-state index is 0.0740. The second kappa shape index (κ2) is 5.17. The Morgan fingerprint density at radius 3 is 2.44 bits per heavy atom. The molecule has 1 fully saturated rings. The van der Waals surface area contributed by atoms with E-state index in [1.54, 1.807) is 0 Å². The maximum atomic E-state index is 11.6. The molecule has 1 amide bonds. The van der Waals surface area contributed by atoms with Crippen LogP contribution in [0, 0.1) is 17.3 Å². The van der Waals surface area contributed by atoms with Crippen LogP contribution in [-0.4, -0.2) is 18.5 Å². The van der Waals surface area contributed by atoms with E-state index in [-0.39, 0.29) is 17.4 Å². The van der Waals surface area contributed by atoms with Crippen LogP contribution in [0.4, 0.5) is 0 Å². The number of carbonyl (C=O) groups is 1. The number of hydrogen-bond acceptors (Lipinski definition) is 2. The number of nitrogens with one attached hydrogen (secondary N) is 1. The zero-order valence-electron chi connectivity index (χ0n) is 11.0. The van der Waals surface area contributed by atoms with Crippen molar-refractivity contribution in [1.29, 1.82) is 0 Å².